The van der Waals surface area contributed by atoms with Crippen molar-refractivity contribution in [3.05, 3.63) is 71.3 Å². The van der Waals surface area contributed by atoms with Crippen LogP contribution in [-0.2, 0) is 16.0 Å². The van der Waals surface area contributed by atoms with Crippen LogP contribution in [0.3, 0.4) is 0 Å². The molecule has 116 valence electrons. The lowest BCUT2D eigenvalue weighted by atomic mass is 9.91. The summed E-state index contributed by atoms with van der Waals surface area (Å²) in [5, 5.41) is 8.82. The van der Waals surface area contributed by atoms with E-state index in [1.807, 2.05) is 36.4 Å². The van der Waals surface area contributed by atoms with Gasteiger partial charge in [0.1, 0.15) is 5.92 Å². The van der Waals surface area contributed by atoms with Gasteiger partial charge >= 0.3 is 5.97 Å². The number of ketones is 1. The Morgan fingerprint density at radius 1 is 1.09 bits per heavy atom. The van der Waals surface area contributed by atoms with Gasteiger partial charge in [0.25, 0.3) is 0 Å². The summed E-state index contributed by atoms with van der Waals surface area (Å²) >= 11 is 0. The molecule has 0 aromatic heterocycles. The minimum atomic E-state index is -0.884. The van der Waals surface area contributed by atoms with Crippen molar-refractivity contribution < 1.29 is 14.3 Å². The predicted octanol–water partition coefficient (Wildman–Crippen LogP) is 3.16. The van der Waals surface area contributed by atoms with E-state index >= 15 is 0 Å². The van der Waals surface area contributed by atoms with Crippen LogP contribution in [0.1, 0.15) is 28.4 Å². The van der Waals surface area contributed by atoms with Gasteiger partial charge in [0.15, 0.2) is 5.78 Å². The van der Waals surface area contributed by atoms with Gasteiger partial charge in [0.2, 0.25) is 0 Å². The SMILES string of the molecule is CCOC(=O)C(Cc1ccccc1)C(=O)c1ccc(C#N)cc1. The third-order valence-corrected chi connectivity index (χ3v) is 3.47. The first kappa shape index (κ1) is 16.4. The maximum atomic E-state index is 12.7. The molecule has 0 radical (unpaired) electrons. The van der Waals surface area contributed by atoms with Crippen molar-refractivity contribution in [2.75, 3.05) is 6.61 Å². The van der Waals surface area contributed by atoms with E-state index in [1.54, 1.807) is 31.2 Å². The summed E-state index contributed by atoms with van der Waals surface area (Å²) in [7, 11) is 0. The quantitative estimate of drug-likeness (QED) is 0.467. The zero-order valence-electron chi connectivity index (χ0n) is 12.9. The van der Waals surface area contributed by atoms with Crippen LogP contribution >= 0.6 is 0 Å². The highest BCUT2D eigenvalue weighted by Gasteiger charge is 2.29. The molecule has 2 aromatic rings. The van der Waals surface area contributed by atoms with Crippen LogP contribution in [0.2, 0.25) is 0 Å². The van der Waals surface area contributed by atoms with Gasteiger partial charge in [-0.3, -0.25) is 9.59 Å². The normalized spacial score (nSPS) is 11.3. The molecular formula is C19H17NO3. The lowest BCUT2D eigenvalue weighted by Gasteiger charge is -2.15. The van der Waals surface area contributed by atoms with Crippen molar-refractivity contribution >= 4 is 11.8 Å². The van der Waals surface area contributed by atoms with E-state index in [0.29, 0.717) is 17.5 Å². The van der Waals surface area contributed by atoms with Crippen LogP contribution in [0, 0.1) is 17.2 Å². The van der Waals surface area contributed by atoms with E-state index in [-0.39, 0.29) is 12.4 Å². The molecule has 1 atom stereocenters. The van der Waals surface area contributed by atoms with Gasteiger partial charge in [-0.05, 0) is 31.0 Å². The molecule has 23 heavy (non-hydrogen) atoms. The molecule has 0 amide bonds. The second kappa shape index (κ2) is 7.90. The van der Waals surface area contributed by atoms with Gasteiger partial charge in [0, 0.05) is 5.56 Å². The van der Waals surface area contributed by atoms with Gasteiger partial charge < -0.3 is 4.74 Å². The minimum absolute atomic E-state index is 0.227. The summed E-state index contributed by atoms with van der Waals surface area (Å²) in [6.07, 6.45) is 0.290. The number of Topliss-reactive ketones (excluding diaryl/α,β-unsaturated/α-hetero) is 1. The van der Waals surface area contributed by atoms with Crippen molar-refractivity contribution in [1.29, 1.82) is 5.26 Å². The summed E-state index contributed by atoms with van der Waals surface area (Å²) in [5.41, 5.74) is 1.77. The van der Waals surface area contributed by atoms with E-state index in [1.165, 1.54) is 0 Å². The molecule has 0 heterocycles. The van der Waals surface area contributed by atoms with Gasteiger partial charge in [-0.15, -0.1) is 0 Å². The Hall–Kier alpha value is -2.93. The molecule has 0 N–H and O–H groups in total. The number of benzene rings is 2. The number of nitriles is 1. The van der Waals surface area contributed by atoms with Gasteiger partial charge in [0.05, 0.1) is 18.2 Å². The first-order valence-electron chi connectivity index (χ1n) is 7.40. The summed E-state index contributed by atoms with van der Waals surface area (Å²) in [4.78, 5) is 24.9. The molecule has 4 heteroatoms. The minimum Gasteiger partial charge on any atom is -0.465 e. The zero-order chi connectivity index (χ0) is 16.7. The molecule has 0 bridgehead atoms. The maximum absolute atomic E-state index is 12.7. The van der Waals surface area contributed by atoms with Crippen LogP contribution in [0.25, 0.3) is 0 Å². The topological polar surface area (TPSA) is 67.2 Å². The van der Waals surface area contributed by atoms with E-state index in [9.17, 15) is 9.59 Å². The molecule has 0 saturated carbocycles. The summed E-state index contributed by atoms with van der Waals surface area (Å²) in [5.74, 6) is -1.70. The fourth-order valence-electron chi connectivity index (χ4n) is 2.29. The Labute approximate surface area is 135 Å². The van der Waals surface area contributed by atoms with Crippen molar-refractivity contribution in [3.8, 4) is 6.07 Å². The largest absolute Gasteiger partial charge is 0.465 e. The molecule has 2 aromatic carbocycles. The highest BCUT2D eigenvalue weighted by atomic mass is 16.5. The molecule has 0 aliphatic rings. The predicted molar refractivity (Wildman–Crippen MR) is 85.8 cm³/mol. The number of esters is 1. The highest BCUT2D eigenvalue weighted by Crippen LogP contribution is 2.17. The van der Waals surface area contributed by atoms with Crippen LogP contribution in [0.4, 0.5) is 0 Å². The van der Waals surface area contributed by atoms with E-state index in [2.05, 4.69) is 0 Å². The first-order chi connectivity index (χ1) is 11.2. The van der Waals surface area contributed by atoms with Crippen molar-refractivity contribution in [1.82, 2.24) is 0 Å². The van der Waals surface area contributed by atoms with Crippen LogP contribution in [0.15, 0.2) is 54.6 Å². The Balaban J connectivity index is 2.26. The molecule has 0 aliphatic heterocycles. The van der Waals surface area contributed by atoms with Crippen molar-refractivity contribution in [3.63, 3.8) is 0 Å². The Kier molecular flexibility index (Phi) is 5.65. The molecule has 0 saturated heterocycles. The first-order valence-corrected chi connectivity index (χ1v) is 7.40. The number of nitrogens with zero attached hydrogens (tertiary/aromatic N) is 1. The van der Waals surface area contributed by atoms with Crippen molar-refractivity contribution in [2.24, 2.45) is 5.92 Å². The average Bonchev–Trinajstić information content (AvgIpc) is 2.60. The Bertz CT molecular complexity index is 715. The summed E-state index contributed by atoms with van der Waals surface area (Å²) in [6, 6.07) is 17.6. The van der Waals surface area contributed by atoms with Crippen LogP contribution < -0.4 is 0 Å². The number of carbonyl (C=O) groups excluding carboxylic acids is 2. The van der Waals surface area contributed by atoms with Gasteiger partial charge in [-0.2, -0.15) is 5.26 Å². The molecular weight excluding hydrogens is 290 g/mol. The smallest absolute Gasteiger partial charge is 0.317 e. The van der Waals surface area contributed by atoms with Crippen molar-refractivity contribution in [2.45, 2.75) is 13.3 Å². The van der Waals surface area contributed by atoms with E-state index < -0.39 is 11.9 Å². The number of rotatable bonds is 6. The molecule has 1 unspecified atom stereocenters. The summed E-state index contributed by atoms with van der Waals surface area (Å²) in [6.45, 7) is 1.94. The highest BCUT2D eigenvalue weighted by molar-refractivity contribution is 6.08. The maximum Gasteiger partial charge on any atom is 0.317 e. The standard InChI is InChI=1S/C19H17NO3/c1-2-23-19(22)17(12-14-6-4-3-5-7-14)18(21)16-10-8-15(13-20)9-11-16/h3-11,17H,2,12H2,1H3. The fourth-order valence-corrected chi connectivity index (χ4v) is 2.29. The second-order valence-electron chi connectivity index (χ2n) is 5.05. The number of carbonyl (C=O) groups is 2. The molecule has 4 nitrogen and oxygen atoms in total. The third-order valence-electron chi connectivity index (χ3n) is 3.47. The summed E-state index contributed by atoms with van der Waals surface area (Å²) < 4.78 is 5.05. The third kappa shape index (κ3) is 4.27. The monoisotopic (exact) mass is 307 g/mol. The molecule has 0 fully saturated rings. The van der Waals surface area contributed by atoms with Crippen LogP contribution in [0.5, 0.6) is 0 Å². The average molecular weight is 307 g/mol. The van der Waals surface area contributed by atoms with Gasteiger partial charge in [-0.25, -0.2) is 0 Å². The Morgan fingerprint density at radius 2 is 1.74 bits per heavy atom. The Morgan fingerprint density at radius 3 is 2.30 bits per heavy atom. The van der Waals surface area contributed by atoms with E-state index in [4.69, 9.17) is 10.00 Å². The molecule has 0 aliphatic carbocycles. The second-order valence-corrected chi connectivity index (χ2v) is 5.05. The lowest BCUT2D eigenvalue weighted by molar-refractivity contribution is -0.146. The lowest BCUT2D eigenvalue weighted by Crippen LogP contribution is -2.28. The molecule has 0 spiro atoms. The zero-order valence-corrected chi connectivity index (χ0v) is 12.9. The fraction of sp³-hybridized carbons (Fsp3) is 0.211. The van der Waals surface area contributed by atoms with Crippen LogP contribution in [-0.4, -0.2) is 18.4 Å². The van der Waals surface area contributed by atoms with Gasteiger partial charge in [-0.1, -0.05) is 42.5 Å². The number of hydrogen-bond acceptors (Lipinski definition) is 4. The number of ether oxygens (including phenoxy) is 1. The number of hydrogen-bond donors (Lipinski definition) is 0. The molecule has 2 rings (SSSR count). The van der Waals surface area contributed by atoms with E-state index in [0.717, 1.165) is 5.56 Å².